The second-order valence-electron chi connectivity index (χ2n) is 6.90. The van der Waals surface area contributed by atoms with E-state index in [1.54, 1.807) is 7.11 Å². The molecule has 0 saturated carbocycles. The van der Waals surface area contributed by atoms with Crippen LogP contribution in [0, 0.1) is 6.92 Å². The number of para-hydroxylation sites is 1. The van der Waals surface area contributed by atoms with E-state index in [2.05, 4.69) is 16.0 Å². The van der Waals surface area contributed by atoms with Crippen molar-refractivity contribution in [3.05, 3.63) is 46.8 Å². The zero-order valence-electron chi connectivity index (χ0n) is 14.8. The molecule has 0 N–H and O–H groups in total. The molecule has 5 nitrogen and oxygen atoms in total. The van der Waals surface area contributed by atoms with Crippen molar-refractivity contribution in [1.29, 1.82) is 0 Å². The maximum Gasteiger partial charge on any atom is 0.225 e. The van der Waals surface area contributed by atoms with Gasteiger partial charge in [0.05, 0.1) is 24.1 Å². The molecule has 1 atom stereocenters. The first-order chi connectivity index (χ1) is 12.2. The van der Waals surface area contributed by atoms with E-state index in [4.69, 9.17) is 9.72 Å². The molecular formula is C20H23N3O2. The highest BCUT2D eigenvalue weighted by molar-refractivity contribution is 5.99. The normalized spacial score (nSPS) is 19.8. The van der Waals surface area contributed by atoms with Gasteiger partial charge >= 0.3 is 0 Å². The molecule has 2 aliphatic rings. The number of aromatic nitrogens is 2. The summed E-state index contributed by atoms with van der Waals surface area (Å²) in [4.78, 5) is 24.4. The van der Waals surface area contributed by atoms with Crippen LogP contribution in [0.15, 0.2) is 24.3 Å². The number of nitrogens with zero attached hydrogens (tertiary/aromatic N) is 3. The fourth-order valence-corrected chi connectivity index (χ4v) is 4.04. The second kappa shape index (κ2) is 6.47. The largest absolute Gasteiger partial charge is 0.496 e. The van der Waals surface area contributed by atoms with Gasteiger partial charge in [-0.15, -0.1) is 0 Å². The predicted octanol–water partition coefficient (Wildman–Crippen LogP) is 3.31. The molecule has 5 heteroatoms. The van der Waals surface area contributed by atoms with Gasteiger partial charge < -0.3 is 9.64 Å². The fourth-order valence-electron chi connectivity index (χ4n) is 4.04. The van der Waals surface area contributed by atoms with Gasteiger partial charge in [-0.25, -0.2) is 9.97 Å². The van der Waals surface area contributed by atoms with Gasteiger partial charge in [0.25, 0.3) is 0 Å². The predicted molar refractivity (Wildman–Crippen MR) is 96.6 cm³/mol. The number of rotatable bonds is 3. The Labute approximate surface area is 148 Å². The quantitative estimate of drug-likeness (QED) is 0.860. The van der Waals surface area contributed by atoms with Crippen molar-refractivity contribution in [2.45, 2.75) is 38.5 Å². The Morgan fingerprint density at radius 3 is 2.64 bits per heavy atom. The summed E-state index contributed by atoms with van der Waals surface area (Å²) in [6, 6.07) is 7.96. The molecule has 2 heterocycles. The molecule has 1 aromatic carbocycles. The first-order valence-electron chi connectivity index (χ1n) is 8.96. The third kappa shape index (κ3) is 2.88. The van der Waals surface area contributed by atoms with Gasteiger partial charge in [0.15, 0.2) is 5.78 Å². The van der Waals surface area contributed by atoms with E-state index >= 15 is 0 Å². The van der Waals surface area contributed by atoms with Crippen molar-refractivity contribution in [1.82, 2.24) is 9.97 Å². The number of hydrogen-bond donors (Lipinski definition) is 0. The lowest BCUT2D eigenvalue weighted by Gasteiger charge is -2.27. The molecule has 1 aliphatic carbocycles. The zero-order valence-corrected chi connectivity index (χ0v) is 14.8. The maximum absolute atomic E-state index is 12.8. The minimum Gasteiger partial charge on any atom is -0.496 e. The SMILES string of the molecule is COc1ccccc1[C@@H]1CC(=O)c2c(C)nc(N3CCCC3)nc2C1. The van der Waals surface area contributed by atoms with Gasteiger partial charge in [0.2, 0.25) is 5.95 Å². The van der Waals surface area contributed by atoms with Crippen LogP contribution in [-0.4, -0.2) is 36.0 Å². The average Bonchev–Trinajstić information content (AvgIpc) is 3.15. The second-order valence-corrected chi connectivity index (χ2v) is 6.90. The van der Waals surface area contributed by atoms with Crippen LogP contribution in [0.1, 0.15) is 52.5 Å². The standard InChI is InChI=1S/C20H23N3O2/c1-13-19-16(22-20(21-13)23-9-5-6-10-23)11-14(12-17(19)24)15-7-3-4-8-18(15)25-2/h3-4,7-8,14H,5-6,9-12H2,1-2H3/t14-/m0/s1. The van der Waals surface area contributed by atoms with Crippen molar-refractivity contribution in [2.75, 3.05) is 25.1 Å². The molecule has 0 radical (unpaired) electrons. The summed E-state index contributed by atoms with van der Waals surface area (Å²) in [6.07, 6.45) is 3.61. The number of ketones is 1. The van der Waals surface area contributed by atoms with Crippen LogP contribution in [0.5, 0.6) is 5.75 Å². The van der Waals surface area contributed by atoms with Crippen molar-refractivity contribution >= 4 is 11.7 Å². The molecule has 1 aromatic heterocycles. The molecule has 25 heavy (non-hydrogen) atoms. The highest BCUT2D eigenvalue weighted by Crippen LogP contribution is 2.37. The highest BCUT2D eigenvalue weighted by Gasteiger charge is 2.32. The summed E-state index contributed by atoms with van der Waals surface area (Å²) < 4.78 is 5.50. The third-order valence-electron chi connectivity index (χ3n) is 5.27. The van der Waals surface area contributed by atoms with Crippen molar-refractivity contribution < 1.29 is 9.53 Å². The number of methoxy groups -OCH3 is 1. The van der Waals surface area contributed by atoms with Gasteiger partial charge in [-0.3, -0.25) is 4.79 Å². The van der Waals surface area contributed by atoms with Crippen molar-refractivity contribution in [2.24, 2.45) is 0 Å². The van der Waals surface area contributed by atoms with Gasteiger partial charge in [-0.1, -0.05) is 18.2 Å². The Morgan fingerprint density at radius 1 is 1.12 bits per heavy atom. The number of anilines is 1. The third-order valence-corrected chi connectivity index (χ3v) is 5.27. The Balaban J connectivity index is 1.72. The minimum absolute atomic E-state index is 0.108. The molecule has 130 valence electrons. The van der Waals surface area contributed by atoms with Crippen molar-refractivity contribution in [3.63, 3.8) is 0 Å². The van der Waals surface area contributed by atoms with Crippen LogP contribution in [-0.2, 0) is 6.42 Å². The molecule has 0 bridgehead atoms. The Morgan fingerprint density at radius 2 is 1.88 bits per heavy atom. The van der Waals surface area contributed by atoms with Crippen LogP contribution in [0.25, 0.3) is 0 Å². The summed E-state index contributed by atoms with van der Waals surface area (Å²) in [5, 5.41) is 0. The fraction of sp³-hybridized carbons (Fsp3) is 0.450. The number of ether oxygens (including phenoxy) is 1. The Hall–Kier alpha value is -2.43. The first-order valence-corrected chi connectivity index (χ1v) is 8.96. The van der Waals surface area contributed by atoms with Gasteiger partial charge in [-0.2, -0.15) is 0 Å². The van der Waals surface area contributed by atoms with E-state index in [-0.39, 0.29) is 11.7 Å². The summed E-state index contributed by atoms with van der Waals surface area (Å²) in [6.45, 7) is 3.94. The summed E-state index contributed by atoms with van der Waals surface area (Å²) in [5.41, 5.74) is 3.52. The number of carbonyl (C=O) groups is 1. The lowest BCUT2D eigenvalue weighted by molar-refractivity contribution is 0.0961. The van der Waals surface area contributed by atoms with Gasteiger partial charge in [0, 0.05) is 25.4 Å². The molecule has 0 amide bonds. The number of Topliss-reactive ketones (excluding diaryl/α,β-unsaturated/α-hetero) is 1. The monoisotopic (exact) mass is 337 g/mol. The molecule has 1 fully saturated rings. The van der Waals surface area contributed by atoms with E-state index in [1.807, 2.05) is 25.1 Å². The number of benzene rings is 1. The molecule has 1 aliphatic heterocycles. The van der Waals surface area contributed by atoms with Crippen LogP contribution in [0.3, 0.4) is 0 Å². The van der Waals surface area contributed by atoms with Gasteiger partial charge in [0.1, 0.15) is 5.75 Å². The van der Waals surface area contributed by atoms with Gasteiger partial charge in [-0.05, 0) is 37.8 Å². The molecule has 0 spiro atoms. The van der Waals surface area contributed by atoms with Crippen molar-refractivity contribution in [3.8, 4) is 5.75 Å². The Bertz CT molecular complexity index is 813. The van der Waals surface area contributed by atoms with Crippen LogP contribution in [0.4, 0.5) is 5.95 Å². The van der Waals surface area contributed by atoms with E-state index in [0.29, 0.717) is 6.42 Å². The Kier molecular flexibility index (Phi) is 4.15. The number of aryl methyl sites for hydroxylation is 1. The number of fused-ring (bicyclic) bond motifs is 1. The van der Waals surface area contributed by atoms with E-state index < -0.39 is 0 Å². The molecular weight excluding hydrogens is 314 g/mol. The molecule has 2 aromatic rings. The average molecular weight is 337 g/mol. The van der Waals surface area contributed by atoms with E-state index in [9.17, 15) is 4.79 Å². The maximum atomic E-state index is 12.8. The number of hydrogen-bond acceptors (Lipinski definition) is 5. The molecule has 4 rings (SSSR count). The topological polar surface area (TPSA) is 55.3 Å². The molecule has 1 saturated heterocycles. The molecule has 0 unspecified atom stereocenters. The van der Waals surface area contributed by atoms with Crippen LogP contribution in [0.2, 0.25) is 0 Å². The van der Waals surface area contributed by atoms with E-state index in [0.717, 1.165) is 53.7 Å². The minimum atomic E-state index is 0.108. The summed E-state index contributed by atoms with van der Waals surface area (Å²) in [7, 11) is 1.68. The summed E-state index contributed by atoms with van der Waals surface area (Å²) >= 11 is 0. The lowest BCUT2D eigenvalue weighted by Crippen LogP contribution is -2.26. The lowest BCUT2D eigenvalue weighted by atomic mass is 9.81. The highest BCUT2D eigenvalue weighted by atomic mass is 16.5. The smallest absolute Gasteiger partial charge is 0.225 e. The van der Waals surface area contributed by atoms with E-state index in [1.165, 1.54) is 12.8 Å². The van der Waals surface area contributed by atoms with Crippen LogP contribution < -0.4 is 9.64 Å². The first kappa shape index (κ1) is 16.1. The summed E-state index contributed by atoms with van der Waals surface area (Å²) in [5.74, 6) is 1.87. The number of carbonyl (C=O) groups excluding carboxylic acids is 1. The zero-order chi connectivity index (χ0) is 17.4. The van der Waals surface area contributed by atoms with Crippen LogP contribution >= 0.6 is 0 Å².